The standard InChI is InChI=1S/C17H21Cl2N3O5S/c1-2-27-17(24)22-7-5-21(6-8-22)16(23)12-9-15(14(19)10-13(12)18)28(25,26)20-11-3-4-11/h9-11,20H,2-8H2,1H3. The highest BCUT2D eigenvalue weighted by molar-refractivity contribution is 7.89. The minimum Gasteiger partial charge on any atom is -0.450 e. The molecule has 0 atom stereocenters. The van der Waals surface area contributed by atoms with E-state index in [0.29, 0.717) is 26.2 Å². The highest BCUT2D eigenvalue weighted by Gasteiger charge is 2.32. The summed E-state index contributed by atoms with van der Waals surface area (Å²) in [7, 11) is -3.84. The summed E-state index contributed by atoms with van der Waals surface area (Å²) in [6, 6.07) is 2.40. The number of carbonyl (C=O) groups is 2. The van der Waals surface area contributed by atoms with E-state index >= 15 is 0 Å². The van der Waals surface area contributed by atoms with E-state index in [0.717, 1.165) is 12.8 Å². The van der Waals surface area contributed by atoms with Gasteiger partial charge in [0.1, 0.15) is 4.90 Å². The van der Waals surface area contributed by atoms with E-state index in [2.05, 4.69) is 4.72 Å². The predicted octanol–water partition coefficient (Wildman–Crippen LogP) is 2.35. The Bertz CT molecular complexity index is 881. The summed E-state index contributed by atoms with van der Waals surface area (Å²) >= 11 is 12.2. The molecule has 8 nitrogen and oxygen atoms in total. The molecule has 1 heterocycles. The summed E-state index contributed by atoms with van der Waals surface area (Å²) in [5.74, 6) is -0.409. The van der Waals surface area contributed by atoms with Crippen LogP contribution in [0.25, 0.3) is 0 Å². The number of ether oxygens (including phenoxy) is 1. The molecule has 0 radical (unpaired) electrons. The Labute approximate surface area is 173 Å². The highest BCUT2D eigenvalue weighted by atomic mass is 35.5. The zero-order valence-corrected chi connectivity index (χ0v) is 17.6. The summed E-state index contributed by atoms with van der Waals surface area (Å²) < 4.78 is 32.5. The first-order valence-corrected chi connectivity index (χ1v) is 11.2. The van der Waals surface area contributed by atoms with Crippen LogP contribution in [-0.4, -0.2) is 69.0 Å². The second-order valence-electron chi connectivity index (χ2n) is 6.64. The monoisotopic (exact) mass is 449 g/mol. The van der Waals surface area contributed by atoms with Crippen LogP contribution in [0, 0.1) is 0 Å². The van der Waals surface area contributed by atoms with Crippen molar-refractivity contribution in [2.75, 3.05) is 32.8 Å². The number of carbonyl (C=O) groups excluding carboxylic acids is 2. The number of sulfonamides is 1. The van der Waals surface area contributed by atoms with Crippen molar-refractivity contribution in [3.8, 4) is 0 Å². The maximum Gasteiger partial charge on any atom is 0.409 e. The first kappa shape index (κ1) is 21.2. The number of amides is 2. The molecule has 1 aliphatic carbocycles. The summed E-state index contributed by atoms with van der Waals surface area (Å²) in [5, 5.41) is 0.0371. The highest BCUT2D eigenvalue weighted by Crippen LogP contribution is 2.31. The number of hydrogen-bond acceptors (Lipinski definition) is 5. The second-order valence-corrected chi connectivity index (χ2v) is 9.13. The topological polar surface area (TPSA) is 96.0 Å². The summed E-state index contributed by atoms with van der Waals surface area (Å²) in [6.45, 7) is 3.24. The van der Waals surface area contributed by atoms with Crippen LogP contribution in [0.15, 0.2) is 17.0 Å². The molecular formula is C17H21Cl2N3O5S. The number of halogens is 2. The minimum absolute atomic E-state index is 0.0400. The molecule has 1 aromatic carbocycles. The van der Waals surface area contributed by atoms with E-state index < -0.39 is 22.0 Å². The SMILES string of the molecule is CCOC(=O)N1CCN(C(=O)c2cc(S(=O)(=O)NC3CC3)c(Cl)cc2Cl)CC1. The fourth-order valence-electron chi connectivity index (χ4n) is 2.86. The summed E-state index contributed by atoms with van der Waals surface area (Å²) in [4.78, 5) is 27.5. The van der Waals surface area contributed by atoms with E-state index in [1.807, 2.05) is 0 Å². The normalized spacial score (nSPS) is 17.5. The fourth-order valence-corrected chi connectivity index (χ4v) is 5.02. The van der Waals surface area contributed by atoms with E-state index in [9.17, 15) is 18.0 Å². The maximum absolute atomic E-state index is 12.9. The van der Waals surface area contributed by atoms with Crippen LogP contribution in [0.3, 0.4) is 0 Å². The Morgan fingerprint density at radius 1 is 1.11 bits per heavy atom. The average Bonchev–Trinajstić information content (AvgIpc) is 3.44. The molecule has 154 valence electrons. The van der Waals surface area contributed by atoms with Gasteiger partial charge in [0.25, 0.3) is 5.91 Å². The van der Waals surface area contributed by atoms with Gasteiger partial charge in [-0.05, 0) is 31.9 Å². The van der Waals surface area contributed by atoms with E-state index in [-0.39, 0.29) is 33.2 Å². The number of benzene rings is 1. The van der Waals surface area contributed by atoms with E-state index in [1.54, 1.807) is 6.92 Å². The zero-order chi connectivity index (χ0) is 20.5. The summed E-state index contributed by atoms with van der Waals surface area (Å²) in [5.41, 5.74) is 0.0619. The number of rotatable bonds is 5. The molecule has 2 fully saturated rings. The molecule has 2 aliphatic rings. The van der Waals surface area contributed by atoms with Crippen molar-refractivity contribution in [2.45, 2.75) is 30.7 Å². The Balaban J connectivity index is 1.77. The van der Waals surface area contributed by atoms with Gasteiger partial charge in [0.15, 0.2) is 0 Å². The first-order valence-electron chi connectivity index (χ1n) is 8.95. The Kier molecular flexibility index (Phi) is 6.38. The van der Waals surface area contributed by atoms with Crippen LogP contribution < -0.4 is 4.72 Å². The zero-order valence-electron chi connectivity index (χ0n) is 15.3. The van der Waals surface area contributed by atoms with Crippen molar-refractivity contribution < 1.29 is 22.7 Å². The van der Waals surface area contributed by atoms with Crippen molar-refractivity contribution in [3.63, 3.8) is 0 Å². The smallest absolute Gasteiger partial charge is 0.409 e. The van der Waals surface area contributed by atoms with Gasteiger partial charge in [-0.3, -0.25) is 4.79 Å². The number of piperazine rings is 1. The van der Waals surface area contributed by atoms with Crippen molar-refractivity contribution in [3.05, 3.63) is 27.7 Å². The number of nitrogens with zero attached hydrogens (tertiary/aromatic N) is 2. The predicted molar refractivity (Wildman–Crippen MR) is 104 cm³/mol. The van der Waals surface area contributed by atoms with Crippen LogP contribution in [0.4, 0.5) is 4.79 Å². The van der Waals surface area contributed by atoms with Gasteiger partial charge < -0.3 is 14.5 Å². The molecule has 3 rings (SSSR count). The lowest BCUT2D eigenvalue weighted by Crippen LogP contribution is -2.50. The molecule has 1 aromatic rings. The van der Waals surface area contributed by atoms with Gasteiger partial charge in [-0.2, -0.15) is 0 Å². The molecular weight excluding hydrogens is 429 g/mol. The lowest BCUT2D eigenvalue weighted by molar-refractivity contribution is 0.0570. The van der Waals surface area contributed by atoms with Gasteiger partial charge in [0, 0.05) is 32.2 Å². The quantitative estimate of drug-likeness (QED) is 0.743. The third-order valence-corrected chi connectivity index (χ3v) is 6.83. The van der Waals surface area contributed by atoms with Gasteiger partial charge in [0.2, 0.25) is 10.0 Å². The van der Waals surface area contributed by atoms with Gasteiger partial charge in [-0.25, -0.2) is 17.9 Å². The van der Waals surface area contributed by atoms with Crippen LogP contribution in [0.1, 0.15) is 30.1 Å². The maximum atomic E-state index is 12.9. The van der Waals surface area contributed by atoms with Crippen LogP contribution in [0.2, 0.25) is 10.0 Å². The van der Waals surface area contributed by atoms with E-state index in [4.69, 9.17) is 27.9 Å². The first-order chi connectivity index (χ1) is 13.2. The molecule has 0 bridgehead atoms. The molecule has 0 unspecified atom stereocenters. The minimum atomic E-state index is -3.84. The van der Waals surface area contributed by atoms with Crippen LogP contribution in [0.5, 0.6) is 0 Å². The molecule has 28 heavy (non-hydrogen) atoms. The lowest BCUT2D eigenvalue weighted by atomic mass is 10.1. The third-order valence-electron chi connectivity index (χ3n) is 4.53. The van der Waals surface area contributed by atoms with Crippen molar-refractivity contribution in [1.29, 1.82) is 0 Å². The van der Waals surface area contributed by atoms with E-state index in [1.165, 1.54) is 21.9 Å². The Morgan fingerprint density at radius 2 is 1.71 bits per heavy atom. The Hall–Kier alpha value is -1.55. The molecule has 0 aromatic heterocycles. The molecule has 1 saturated carbocycles. The second kappa shape index (κ2) is 8.44. The average molecular weight is 450 g/mol. The molecule has 1 saturated heterocycles. The molecule has 1 N–H and O–H groups in total. The van der Waals surface area contributed by atoms with Crippen LogP contribution in [-0.2, 0) is 14.8 Å². The molecule has 2 amide bonds. The van der Waals surface area contributed by atoms with Gasteiger partial charge >= 0.3 is 6.09 Å². The lowest BCUT2D eigenvalue weighted by Gasteiger charge is -2.34. The van der Waals surface area contributed by atoms with Gasteiger partial charge in [0.05, 0.1) is 22.2 Å². The largest absolute Gasteiger partial charge is 0.450 e. The van der Waals surface area contributed by atoms with Crippen molar-refractivity contribution in [2.24, 2.45) is 0 Å². The van der Waals surface area contributed by atoms with Crippen molar-refractivity contribution >= 4 is 45.2 Å². The molecule has 11 heteroatoms. The fraction of sp³-hybridized carbons (Fsp3) is 0.529. The summed E-state index contributed by atoms with van der Waals surface area (Å²) in [6.07, 6.45) is 1.14. The molecule has 0 spiro atoms. The van der Waals surface area contributed by atoms with Gasteiger partial charge in [-0.1, -0.05) is 23.2 Å². The molecule has 1 aliphatic heterocycles. The number of nitrogens with one attached hydrogen (secondary N) is 1. The van der Waals surface area contributed by atoms with Gasteiger partial charge in [-0.15, -0.1) is 0 Å². The third kappa shape index (κ3) is 4.71. The van der Waals surface area contributed by atoms with Crippen LogP contribution >= 0.6 is 23.2 Å². The number of hydrogen-bond donors (Lipinski definition) is 1. The van der Waals surface area contributed by atoms with Crippen molar-refractivity contribution in [1.82, 2.24) is 14.5 Å². The Morgan fingerprint density at radius 3 is 2.29 bits per heavy atom.